The zero-order chi connectivity index (χ0) is 20.9. The van der Waals surface area contributed by atoms with Crippen LogP contribution < -0.4 is 14.9 Å². The Balaban J connectivity index is 1.98. The molecule has 1 atom stereocenters. The Morgan fingerprint density at radius 3 is 2.32 bits per heavy atom. The molecule has 0 radical (unpaired) electrons. The van der Waals surface area contributed by atoms with Gasteiger partial charge in [-0.3, -0.25) is 9.36 Å². The summed E-state index contributed by atoms with van der Waals surface area (Å²) in [6.45, 7) is 1.17. The molecule has 2 N–H and O–H groups in total. The van der Waals surface area contributed by atoms with E-state index in [-0.39, 0.29) is 22.3 Å². The maximum atomic E-state index is 12.6. The van der Waals surface area contributed by atoms with Crippen LogP contribution >= 0.6 is 19.2 Å². The molecule has 152 valence electrons. The molecule has 0 aromatic heterocycles. The van der Waals surface area contributed by atoms with E-state index in [1.165, 1.54) is 31.2 Å². The van der Waals surface area contributed by atoms with Gasteiger partial charge in [0.15, 0.2) is 5.75 Å². The predicted molar refractivity (Wildman–Crippen MR) is 93.2 cm³/mol. The van der Waals surface area contributed by atoms with Crippen molar-refractivity contribution in [1.82, 2.24) is 5.32 Å². The number of halogens is 4. The molecule has 2 rings (SSSR count). The number of alkyl halides is 3. The van der Waals surface area contributed by atoms with Crippen molar-refractivity contribution in [3.8, 4) is 17.2 Å². The standard InChI is InChI=1S/C16H14ClF3NO6P/c1-10(22)21-9-28(23,24)27-26-13-5-3-12(4-6-13)25-15-7-2-11(8-14(15)17)16(18,19)20/h2-8H,9H2,1H3,(H,21,22)(H,23,24). The van der Waals surface area contributed by atoms with E-state index >= 15 is 0 Å². The van der Waals surface area contributed by atoms with Gasteiger partial charge in [0.25, 0.3) is 0 Å². The van der Waals surface area contributed by atoms with Crippen LogP contribution in [0.2, 0.25) is 5.02 Å². The molecule has 0 fully saturated rings. The zero-order valence-corrected chi connectivity index (χ0v) is 15.8. The summed E-state index contributed by atoms with van der Waals surface area (Å²) in [5.74, 6) is -0.238. The van der Waals surface area contributed by atoms with E-state index in [0.29, 0.717) is 0 Å². The molecule has 0 saturated heterocycles. The first-order valence-electron chi connectivity index (χ1n) is 7.53. The van der Waals surface area contributed by atoms with Crippen LogP contribution in [0.25, 0.3) is 0 Å². The summed E-state index contributed by atoms with van der Waals surface area (Å²) in [5, 5.41) is 1.89. The second-order valence-electron chi connectivity index (χ2n) is 5.40. The van der Waals surface area contributed by atoms with E-state index in [1.807, 2.05) is 0 Å². The molecule has 0 heterocycles. The number of hydrogen-bond acceptors (Lipinski definition) is 5. The molecule has 0 aliphatic carbocycles. The molecule has 28 heavy (non-hydrogen) atoms. The van der Waals surface area contributed by atoms with Gasteiger partial charge in [-0.25, -0.2) is 0 Å². The number of nitrogens with one attached hydrogen (secondary N) is 1. The monoisotopic (exact) mass is 439 g/mol. The highest BCUT2D eigenvalue weighted by Crippen LogP contribution is 2.41. The van der Waals surface area contributed by atoms with E-state index in [2.05, 4.69) is 9.99 Å². The van der Waals surface area contributed by atoms with Crippen LogP contribution in [0.1, 0.15) is 12.5 Å². The Hall–Kier alpha value is -2.26. The third-order valence-corrected chi connectivity index (χ3v) is 4.25. The van der Waals surface area contributed by atoms with Crippen LogP contribution in [-0.2, 0) is 20.2 Å². The number of carbonyl (C=O) groups excluding carboxylic acids is 1. The van der Waals surface area contributed by atoms with E-state index in [0.717, 1.165) is 18.2 Å². The van der Waals surface area contributed by atoms with Gasteiger partial charge in [0.05, 0.1) is 10.6 Å². The number of hydrogen-bond donors (Lipinski definition) is 2. The van der Waals surface area contributed by atoms with Crippen molar-refractivity contribution in [2.24, 2.45) is 0 Å². The van der Waals surface area contributed by atoms with Crippen molar-refractivity contribution < 1.29 is 41.7 Å². The number of carbonyl (C=O) groups is 1. The van der Waals surface area contributed by atoms with Gasteiger partial charge in [0.2, 0.25) is 5.91 Å². The van der Waals surface area contributed by atoms with Gasteiger partial charge in [-0.05, 0) is 42.5 Å². The SMILES string of the molecule is CC(=O)NCP(=O)(O)OOc1ccc(Oc2ccc(C(F)(F)F)cc2Cl)cc1. The summed E-state index contributed by atoms with van der Waals surface area (Å²) in [6.07, 6.45) is -5.15. The molecule has 0 bridgehead atoms. The van der Waals surface area contributed by atoms with Gasteiger partial charge >= 0.3 is 13.8 Å². The maximum absolute atomic E-state index is 12.6. The molecule has 2 aromatic carbocycles. The van der Waals surface area contributed by atoms with Crippen molar-refractivity contribution in [3.05, 3.63) is 53.1 Å². The molecule has 1 unspecified atom stereocenters. The fourth-order valence-electron chi connectivity index (χ4n) is 1.79. The van der Waals surface area contributed by atoms with Crippen molar-refractivity contribution in [3.63, 3.8) is 0 Å². The highest BCUT2D eigenvalue weighted by atomic mass is 35.5. The molecule has 12 heteroatoms. The van der Waals surface area contributed by atoms with Gasteiger partial charge in [0, 0.05) is 6.92 Å². The summed E-state index contributed by atoms with van der Waals surface area (Å²) >= 11 is 5.81. The summed E-state index contributed by atoms with van der Waals surface area (Å²) in [6, 6.07) is 8.07. The summed E-state index contributed by atoms with van der Waals surface area (Å²) in [7, 11) is -4.20. The van der Waals surface area contributed by atoms with E-state index in [4.69, 9.17) is 21.2 Å². The Kier molecular flexibility index (Phi) is 6.95. The minimum absolute atomic E-state index is 0.00903. The van der Waals surface area contributed by atoms with E-state index < -0.39 is 31.5 Å². The third kappa shape index (κ3) is 6.72. The molecule has 2 aromatic rings. The predicted octanol–water partition coefficient (Wildman–Crippen LogP) is 4.74. The molecular weight excluding hydrogens is 426 g/mol. The Labute approximate surface area is 162 Å². The van der Waals surface area contributed by atoms with Crippen LogP contribution in [0.4, 0.5) is 13.2 Å². The molecule has 7 nitrogen and oxygen atoms in total. The molecule has 0 spiro atoms. The fraction of sp³-hybridized carbons (Fsp3) is 0.188. The van der Waals surface area contributed by atoms with Crippen LogP contribution in [0.15, 0.2) is 42.5 Å². The first kappa shape index (κ1) is 22.0. The zero-order valence-electron chi connectivity index (χ0n) is 14.2. The van der Waals surface area contributed by atoms with Gasteiger partial charge < -0.3 is 19.8 Å². The molecule has 0 aliphatic heterocycles. The Bertz CT molecular complexity index is 891. The van der Waals surface area contributed by atoms with E-state index in [9.17, 15) is 27.4 Å². The Morgan fingerprint density at radius 2 is 1.79 bits per heavy atom. The average Bonchev–Trinajstić information content (AvgIpc) is 2.60. The number of ether oxygens (including phenoxy) is 1. The molecule has 1 amide bonds. The fourth-order valence-corrected chi connectivity index (χ4v) is 2.69. The third-order valence-electron chi connectivity index (χ3n) is 3.09. The number of rotatable bonds is 7. The summed E-state index contributed by atoms with van der Waals surface area (Å²) in [5.41, 5.74) is -0.904. The first-order valence-corrected chi connectivity index (χ1v) is 9.67. The lowest BCUT2D eigenvalue weighted by Crippen LogP contribution is -2.22. The summed E-state index contributed by atoms with van der Waals surface area (Å²) in [4.78, 5) is 24.9. The largest absolute Gasteiger partial charge is 0.456 e. The lowest BCUT2D eigenvalue weighted by molar-refractivity contribution is -0.137. The van der Waals surface area contributed by atoms with Gasteiger partial charge in [-0.2, -0.15) is 13.2 Å². The molecule has 0 aliphatic rings. The normalized spacial score (nSPS) is 13.5. The van der Waals surface area contributed by atoms with Gasteiger partial charge in [0.1, 0.15) is 17.8 Å². The lowest BCUT2D eigenvalue weighted by atomic mass is 10.2. The highest BCUT2D eigenvalue weighted by Gasteiger charge is 2.31. The van der Waals surface area contributed by atoms with Crippen LogP contribution in [0.3, 0.4) is 0 Å². The Morgan fingerprint density at radius 1 is 1.18 bits per heavy atom. The number of benzene rings is 2. The highest BCUT2D eigenvalue weighted by molar-refractivity contribution is 7.52. The topological polar surface area (TPSA) is 94.1 Å². The molecule has 0 saturated carbocycles. The van der Waals surface area contributed by atoms with Gasteiger partial charge in [-0.15, -0.1) is 0 Å². The maximum Gasteiger partial charge on any atom is 0.416 e. The average molecular weight is 440 g/mol. The smallest absolute Gasteiger partial charge is 0.416 e. The first-order chi connectivity index (χ1) is 13.0. The summed E-state index contributed by atoms with van der Waals surface area (Å²) < 4.78 is 59.3. The van der Waals surface area contributed by atoms with Crippen molar-refractivity contribution >= 4 is 25.1 Å². The molecular formula is C16H14ClF3NO6P. The number of amides is 1. The minimum atomic E-state index is -4.52. The van der Waals surface area contributed by atoms with Gasteiger partial charge in [-0.1, -0.05) is 16.3 Å². The van der Waals surface area contributed by atoms with Crippen LogP contribution in [-0.4, -0.2) is 17.1 Å². The minimum Gasteiger partial charge on any atom is -0.456 e. The second-order valence-corrected chi connectivity index (χ2v) is 7.55. The van der Waals surface area contributed by atoms with Crippen molar-refractivity contribution in [1.29, 1.82) is 0 Å². The van der Waals surface area contributed by atoms with Crippen LogP contribution in [0.5, 0.6) is 17.2 Å². The van der Waals surface area contributed by atoms with Crippen molar-refractivity contribution in [2.45, 2.75) is 13.1 Å². The second kappa shape index (κ2) is 8.83. The van der Waals surface area contributed by atoms with Crippen LogP contribution in [0, 0.1) is 0 Å². The lowest BCUT2D eigenvalue weighted by Gasteiger charge is -2.12. The van der Waals surface area contributed by atoms with E-state index in [1.54, 1.807) is 0 Å². The van der Waals surface area contributed by atoms with Crippen molar-refractivity contribution in [2.75, 3.05) is 6.29 Å². The quantitative estimate of drug-likeness (QED) is 0.368.